The highest BCUT2D eigenvalue weighted by molar-refractivity contribution is 5.91. The van der Waals surface area contributed by atoms with Crippen LogP contribution in [-0.2, 0) is 9.59 Å². The molecule has 0 saturated carbocycles. The van der Waals surface area contributed by atoms with Gasteiger partial charge in [-0.05, 0) is 44.6 Å². The van der Waals surface area contributed by atoms with Crippen molar-refractivity contribution < 1.29 is 18.5 Å². The minimum Gasteiger partial charge on any atom is -0.443 e. The second-order valence-electron chi connectivity index (χ2n) is 10.5. The molecule has 3 heterocycles. The second kappa shape index (κ2) is 9.68. The Bertz CT molecular complexity index is 1190. The van der Waals surface area contributed by atoms with Crippen molar-refractivity contribution in [2.45, 2.75) is 72.4 Å². The van der Waals surface area contributed by atoms with Crippen LogP contribution in [0.5, 0.6) is 0 Å². The molecular weight excluding hydrogens is 444 g/mol. The van der Waals surface area contributed by atoms with Gasteiger partial charge >= 0.3 is 0 Å². The largest absolute Gasteiger partial charge is 0.443 e. The van der Waals surface area contributed by atoms with Gasteiger partial charge in [-0.15, -0.1) is 0 Å². The normalized spacial score (nSPS) is 17.9. The first-order chi connectivity index (χ1) is 16.6. The zero-order chi connectivity index (χ0) is 25.3. The first-order valence-electron chi connectivity index (χ1n) is 12.1. The molecule has 3 aromatic rings. The Hall–Kier alpha value is -3.42. The molecule has 35 heavy (non-hydrogen) atoms. The van der Waals surface area contributed by atoms with Gasteiger partial charge in [-0.25, -0.2) is 4.98 Å². The number of oxazole rings is 1. The maximum atomic E-state index is 13.7. The number of aryl methyl sites for hydroxylation is 2. The van der Waals surface area contributed by atoms with E-state index in [2.05, 4.69) is 15.5 Å². The quantitative estimate of drug-likeness (QED) is 0.538. The monoisotopic (exact) mass is 478 g/mol. The van der Waals surface area contributed by atoms with E-state index in [0.717, 1.165) is 34.7 Å². The van der Waals surface area contributed by atoms with E-state index in [1.807, 2.05) is 71.9 Å². The van der Waals surface area contributed by atoms with Gasteiger partial charge in [0.15, 0.2) is 12.2 Å². The molecule has 8 nitrogen and oxygen atoms in total. The molecule has 186 valence electrons. The molecule has 0 aliphatic carbocycles. The third kappa shape index (κ3) is 5.16. The summed E-state index contributed by atoms with van der Waals surface area (Å²) in [7, 11) is 0. The lowest BCUT2D eigenvalue weighted by Crippen LogP contribution is -2.49. The zero-order valence-electron chi connectivity index (χ0n) is 21.3. The molecule has 2 amide bonds. The summed E-state index contributed by atoms with van der Waals surface area (Å²) in [5.74, 6) is 0.539. The van der Waals surface area contributed by atoms with Crippen molar-refractivity contribution >= 4 is 11.8 Å². The molecule has 1 N–H and O–H groups in total. The molecule has 0 radical (unpaired) electrons. The van der Waals surface area contributed by atoms with Crippen LogP contribution in [-0.4, -0.2) is 39.4 Å². The summed E-state index contributed by atoms with van der Waals surface area (Å²) < 4.78 is 11.0. The van der Waals surface area contributed by atoms with E-state index in [4.69, 9.17) is 8.94 Å². The minimum atomic E-state index is -0.512. The predicted octanol–water partition coefficient (Wildman–Crippen LogP) is 4.94. The number of nitrogens with one attached hydrogen (secondary N) is 1. The molecule has 8 heteroatoms. The highest BCUT2D eigenvalue weighted by Gasteiger charge is 2.43. The first-order valence-corrected chi connectivity index (χ1v) is 12.1. The predicted molar refractivity (Wildman–Crippen MR) is 131 cm³/mol. The second-order valence-corrected chi connectivity index (χ2v) is 10.5. The number of rotatable bonds is 6. The number of hydrogen-bond donors (Lipinski definition) is 1. The average Bonchev–Trinajstić information content (AvgIpc) is 3.54. The number of benzene rings is 1. The molecule has 1 saturated heterocycles. The van der Waals surface area contributed by atoms with Crippen molar-refractivity contribution in [3.63, 3.8) is 0 Å². The van der Waals surface area contributed by atoms with Crippen LogP contribution in [0, 0.1) is 19.3 Å². The van der Waals surface area contributed by atoms with E-state index in [9.17, 15) is 9.59 Å². The maximum absolute atomic E-state index is 13.7. The van der Waals surface area contributed by atoms with Gasteiger partial charge in [0.05, 0.1) is 17.4 Å². The summed E-state index contributed by atoms with van der Waals surface area (Å²) in [6, 6.07) is 8.97. The number of likely N-dealkylation sites (tertiary alicyclic amines) is 1. The summed E-state index contributed by atoms with van der Waals surface area (Å²) >= 11 is 0. The number of carbonyl (C=O) groups excluding carboxylic acids is 2. The smallest absolute Gasteiger partial charge is 0.243 e. The van der Waals surface area contributed by atoms with E-state index in [1.165, 1.54) is 6.39 Å². The molecule has 4 rings (SSSR count). The van der Waals surface area contributed by atoms with Crippen molar-refractivity contribution in [2.75, 3.05) is 6.54 Å². The van der Waals surface area contributed by atoms with Gasteiger partial charge < -0.3 is 19.2 Å². The van der Waals surface area contributed by atoms with Crippen LogP contribution in [0.3, 0.4) is 0 Å². The van der Waals surface area contributed by atoms with Gasteiger partial charge in [0.25, 0.3) is 0 Å². The molecule has 1 fully saturated rings. The fourth-order valence-electron chi connectivity index (χ4n) is 4.80. The number of amides is 2. The molecule has 1 aromatic carbocycles. The average molecular weight is 479 g/mol. The molecule has 0 unspecified atom stereocenters. The summed E-state index contributed by atoms with van der Waals surface area (Å²) in [5, 5.41) is 7.09. The van der Waals surface area contributed by atoms with Crippen LogP contribution in [0.25, 0.3) is 11.3 Å². The Balaban J connectivity index is 1.47. The highest BCUT2D eigenvalue weighted by atomic mass is 16.5. The lowest BCUT2D eigenvalue weighted by atomic mass is 9.78. The minimum absolute atomic E-state index is 0.0919. The van der Waals surface area contributed by atoms with Crippen LogP contribution in [0.2, 0.25) is 0 Å². The highest BCUT2D eigenvalue weighted by Crippen LogP contribution is 2.38. The fourth-order valence-corrected chi connectivity index (χ4v) is 4.80. The van der Waals surface area contributed by atoms with Gasteiger partial charge in [0, 0.05) is 18.2 Å². The number of nitrogens with zero attached hydrogens (tertiary/aromatic N) is 3. The first kappa shape index (κ1) is 24.7. The summed E-state index contributed by atoms with van der Waals surface area (Å²) in [6.45, 7) is 12.3. The van der Waals surface area contributed by atoms with Crippen molar-refractivity contribution in [2.24, 2.45) is 5.41 Å². The lowest BCUT2D eigenvalue weighted by Gasteiger charge is -2.33. The van der Waals surface area contributed by atoms with Crippen LogP contribution < -0.4 is 5.32 Å². The molecule has 1 aliphatic heterocycles. The topological polar surface area (TPSA) is 101 Å². The van der Waals surface area contributed by atoms with Crippen molar-refractivity contribution in [1.29, 1.82) is 0 Å². The van der Waals surface area contributed by atoms with E-state index in [1.54, 1.807) is 4.90 Å². The van der Waals surface area contributed by atoms with E-state index >= 15 is 0 Å². The fraction of sp³-hybridized carbons (Fsp3) is 0.481. The SMILES string of the molecule is Cc1cc([C@H](C(=O)N2CCC[C@H]2C(=O)N[C@@H](C)c2ccc(-c3ocnc3C)cc2)C(C)(C)C)on1. The maximum Gasteiger partial charge on any atom is 0.243 e. The van der Waals surface area contributed by atoms with Gasteiger partial charge in [-0.2, -0.15) is 0 Å². The van der Waals surface area contributed by atoms with Gasteiger partial charge in [-0.1, -0.05) is 50.2 Å². The van der Waals surface area contributed by atoms with Crippen LogP contribution >= 0.6 is 0 Å². The molecule has 0 bridgehead atoms. The third-order valence-electron chi connectivity index (χ3n) is 6.66. The third-order valence-corrected chi connectivity index (χ3v) is 6.66. The van der Waals surface area contributed by atoms with Crippen LogP contribution in [0.15, 0.2) is 45.7 Å². The summed E-state index contributed by atoms with van der Waals surface area (Å²) in [4.78, 5) is 32.8. The number of aromatic nitrogens is 2. The van der Waals surface area contributed by atoms with Crippen molar-refractivity contribution in [1.82, 2.24) is 20.4 Å². The lowest BCUT2D eigenvalue weighted by molar-refractivity contribution is -0.142. The van der Waals surface area contributed by atoms with Gasteiger partial charge in [-0.3, -0.25) is 9.59 Å². The van der Waals surface area contributed by atoms with Crippen LogP contribution in [0.4, 0.5) is 0 Å². The summed E-state index contributed by atoms with van der Waals surface area (Å²) in [6.07, 6.45) is 2.86. The van der Waals surface area contributed by atoms with E-state index in [0.29, 0.717) is 18.7 Å². The molecule has 1 aliphatic rings. The van der Waals surface area contributed by atoms with Crippen LogP contribution in [0.1, 0.15) is 75.2 Å². The zero-order valence-corrected chi connectivity index (χ0v) is 21.3. The Kier molecular flexibility index (Phi) is 6.83. The van der Waals surface area contributed by atoms with Gasteiger partial charge in [0.2, 0.25) is 11.8 Å². The van der Waals surface area contributed by atoms with Crippen molar-refractivity contribution in [3.05, 3.63) is 59.4 Å². The number of carbonyl (C=O) groups is 2. The van der Waals surface area contributed by atoms with E-state index in [-0.39, 0.29) is 23.3 Å². The Morgan fingerprint density at radius 2 is 1.89 bits per heavy atom. The van der Waals surface area contributed by atoms with E-state index < -0.39 is 12.0 Å². The standard InChI is InChI=1S/C27H34N4O4/c1-16-14-22(35-30-16)23(27(4,5)6)26(33)31-13-7-8-21(31)25(32)29-17(2)19-9-11-20(12-10-19)24-18(3)28-15-34-24/h9-12,14-15,17,21,23H,7-8,13H2,1-6H3,(H,29,32)/t17-,21-,23+/m0/s1. The Morgan fingerprint density at radius 3 is 2.46 bits per heavy atom. The number of hydrogen-bond acceptors (Lipinski definition) is 6. The molecule has 2 aromatic heterocycles. The molecule has 3 atom stereocenters. The summed E-state index contributed by atoms with van der Waals surface area (Å²) in [5.41, 5.74) is 3.09. The molecule has 0 spiro atoms. The van der Waals surface area contributed by atoms with Gasteiger partial charge in [0.1, 0.15) is 17.7 Å². The van der Waals surface area contributed by atoms with Crippen molar-refractivity contribution in [3.8, 4) is 11.3 Å². The Labute approximate surface area is 206 Å². The molecular formula is C27H34N4O4. The Morgan fingerprint density at radius 1 is 1.17 bits per heavy atom.